The molecule has 1 aliphatic rings. The SMILES string of the molecule is Cc1cc(=O)oc2cc(NC(=O)[C@H]3CC[C@H](NS(=O)(=O)C(C)(C)C)CC3)ccc12. The molecule has 1 heterocycles. The molecule has 1 aromatic heterocycles. The molecule has 2 N–H and O–H groups in total. The van der Waals surface area contributed by atoms with Crippen molar-refractivity contribution in [3.8, 4) is 0 Å². The molecule has 2 aromatic rings. The third-order valence-electron chi connectivity index (χ3n) is 5.44. The number of amides is 1. The third kappa shape index (κ3) is 4.87. The van der Waals surface area contributed by atoms with Gasteiger partial charge in [0, 0.05) is 35.2 Å². The Morgan fingerprint density at radius 1 is 1.10 bits per heavy atom. The van der Waals surface area contributed by atoms with E-state index in [1.54, 1.807) is 32.9 Å². The highest BCUT2D eigenvalue weighted by atomic mass is 32.2. The zero-order valence-corrected chi connectivity index (χ0v) is 18.1. The van der Waals surface area contributed by atoms with Gasteiger partial charge in [-0.25, -0.2) is 17.9 Å². The number of hydrogen-bond acceptors (Lipinski definition) is 5. The van der Waals surface area contributed by atoms with Crippen molar-refractivity contribution in [3.05, 3.63) is 40.2 Å². The smallest absolute Gasteiger partial charge is 0.336 e. The van der Waals surface area contributed by atoms with Crippen molar-refractivity contribution in [1.29, 1.82) is 0 Å². The van der Waals surface area contributed by atoms with Gasteiger partial charge in [-0.2, -0.15) is 0 Å². The molecule has 0 saturated heterocycles. The van der Waals surface area contributed by atoms with E-state index in [4.69, 9.17) is 4.42 Å². The van der Waals surface area contributed by atoms with E-state index < -0.39 is 20.4 Å². The number of benzene rings is 1. The Morgan fingerprint density at radius 2 is 1.76 bits per heavy atom. The topological polar surface area (TPSA) is 105 Å². The Bertz CT molecular complexity index is 1070. The number of rotatable bonds is 4. The molecule has 1 amide bonds. The van der Waals surface area contributed by atoms with Crippen LogP contribution >= 0.6 is 0 Å². The second-order valence-electron chi connectivity index (χ2n) is 8.73. The zero-order chi connectivity index (χ0) is 21.4. The van der Waals surface area contributed by atoms with Crippen LogP contribution in [0.2, 0.25) is 0 Å². The summed E-state index contributed by atoms with van der Waals surface area (Å²) in [6, 6.07) is 6.57. The fraction of sp³-hybridized carbons (Fsp3) is 0.524. The van der Waals surface area contributed by atoms with Crippen molar-refractivity contribution in [2.24, 2.45) is 5.92 Å². The van der Waals surface area contributed by atoms with Crippen molar-refractivity contribution in [2.75, 3.05) is 5.32 Å². The summed E-state index contributed by atoms with van der Waals surface area (Å²) in [7, 11) is -3.40. The maximum atomic E-state index is 12.6. The molecule has 1 aliphatic carbocycles. The maximum Gasteiger partial charge on any atom is 0.336 e. The Balaban J connectivity index is 1.62. The Kier molecular flexibility index (Phi) is 5.87. The molecular weight excluding hydrogens is 392 g/mol. The molecule has 1 saturated carbocycles. The lowest BCUT2D eigenvalue weighted by Gasteiger charge is -2.30. The summed E-state index contributed by atoms with van der Waals surface area (Å²) in [5.41, 5.74) is 1.42. The molecule has 0 unspecified atom stereocenters. The molecule has 0 aliphatic heterocycles. The molecule has 0 atom stereocenters. The zero-order valence-electron chi connectivity index (χ0n) is 17.2. The van der Waals surface area contributed by atoms with E-state index in [1.807, 2.05) is 13.0 Å². The quantitative estimate of drug-likeness (QED) is 0.738. The van der Waals surface area contributed by atoms with Gasteiger partial charge in [0.25, 0.3) is 0 Å². The minimum Gasteiger partial charge on any atom is -0.423 e. The van der Waals surface area contributed by atoms with Crippen molar-refractivity contribution in [2.45, 2.75) is 64.2 Å². The van der Waals surface area contributed by atoms with Crippen LogP contribution in [0.4, 0.5) is 5.69 Å². The van der Waals surface area contributed by atoms with Crippen molar-refractivity contribution >= 4 is 32.6 Å². The number of aryl methyl sites for hydroxylation is 1. The minimum atomic E-state index is -3.40. The highest BCUT2D eigenvalue weighted by Gasteiger charge is 2.34. The summed E-state index contributed by atoms with van der Waals surface area (Å²) in [5, 5.41) is 3.72. The fourth-order valence-electron chi connectivity index (χ4n) is 3.52. The fourth-order valence-corrected chi connectivity index (χ4v) is 4.54. The first-order valence-corrected chi connectivity index (χ1v) is 11.3. The Morgan fingerprint density at radius 3 is 2.38 bits per heavy atom. The van der Waals surface area contributed by atoms with Crippen molar-refractivity contribution in [1.82, 2.24) is 4.72 Å². The molecule has 0 bridgehead atoms. The molecule has 7 nitrogen and oxygen atoms in total. The molecule has 3 rings (SSSR count). The van der Waals surface area contributed by atoms with E-state index >= 15 is 0 Å². The molecular formula is C21H28N2O5S. The highest BCUT2D eigenvalue weighted by Crippen LogP contribution is 2.28. The van der Waals surface area contributed by atoms with Crippen LogP contribution in [0.15, 0.2) is 33.5 Å². The molecule has 1 aromatic carbocycles. The van der Waals surface area contributed by atoms with E-state index in [2.05, 4.69) is 10.0 Å². The third-order valence-corrected chi connectivity index (χ3v) is 7.70. The van der Waals surface area contributed by atoms with E-state index in [0.717, 1.165) is 10.9 Å². The average Bonchev–Trinajstić information content (AvgIpc) is 2.60. The number of sulfonamides is 1. The van der Waals surface area contributed by atoms with Crippen LogP contribution < -0.4 is 15.7 Å². The first kappa shape index (κ1) is 21.5. The summed E-state index contributed by atoms with van der Waals surface area (Å²) in [5.74, 6) is -0.276. The normalized spacial score (nSPS) is 20.6. The van der Waals surface area contributed by atoms with E-state index in [1.165, 1.54) is 6.07 Å². The Hall–Kier alpha value is -2.19. The second kappa shape index (κ2) is 7.91. The lowest BCUT2D eigenvalue weighted by molar-refractivity contribution is -0.120. The van der Waals surface area contributed by atoms with Gasteiger partial charge in [0.1, 0.15) is 5.58 Å². The van der Waals surface area contributed by atoms with E-state index in [9.17, 15) is 18.0 Å². The molecule has 29 heavy (non-hydrogen) atoms. The molecule has 8 heteroatoms. The lowest BCUT2D eigenvalue weighted by Crippen LogP contribution is -2.46. The molecule has 1 fully saturated rings. The van der Waals surface area contributed by atoms with Gasteiger partial charge < -0.3 is 9.73 Å². The monoisotopic (exact) mass is 420 g/mol. The van der Waals surface area contributed by atoms with Crippen molar-refractivity contribution < 1.29 is 17.6 Å². The lowest BCUT2D eigenvalue weighted by atomic mass is 9.86. The number of carbonyl (C=O) groups is 1. The minimum absolute atomic E-state index is 0.100. The molecule has 0 radical (unpaired) electrons. The van der Waals surface area contributed by atoms with Gasteiger partial charge in [-0.1, -0.05) is 0 Å². The van der Waals surface area contributed by atoms with Gasteiger partial charge in [-0.15, -0.1) is 0 Å². The highest BCUT2D eigenvalue weighted by molar-refractivity contribution is 7.90. The summed E-state index contributed by atoms with van der Waals surface area (Å²) in [6.07, 6.45) is 2.48. The predicted octanol–water partition coefficient (Wildman–Crippen LogP) is 3.32. The van der Waals surface area contributed by atoms with Crippen LogP contribution in [0.5, 0.6) is 0 Å². The number of nitrogens with one attached hydrogen (secondary N) is 2. The average molecular weight is 421 g/mol. The maximum absolute atomic E-state index is 12.6. The van der Waals surface area contributed by atoms with Gasteiger partial charge in [0.2, 0.25) is 15.9 Å². The standard InChI is InChI=1S/C21H28N2O5S/c1-13-11-19(24)28-18-12-16(9-10-17(13)18)22-20(25)14-5-7-15(8-6-14)23-29(26,27)21(2,3)4/h9-12,14-15,23H,5-8H2,1-4H3,(H,22,25)/t14-,15-. The van der Waals surface area contributed by atoms with Crippen LogP contribution in [0.1, 0.15) is 52.0 Å². The first-order valence-electron chi connectivity index (χ1n) is 9.83. The number of hydrogen-bond donors (Lipinski definition) is 2. The summed E-state index contributed by atoms with van der Waals surface area (Å²) >= 11 is 0. The van der Waals surface area contributed by atoms with Gasteiger partial charge >= 0.3 is 5.63 Å². The molecule has 0 spiro atoms. The van der Waals surface area contributed by atoms with Gasteiger partial charge in [0.05, 0.1) is 4.75 Å². The van der Waals surface area contributed by atoms with Crippen molar-refractivity contribution in [3.63, 3.8) is 0 Å². The predicted molar refractivity (Wildman–Crippen MR) is 113 cm³/mol. The number of carbonyl (C=O) groups excluding carboxylic acids is 1. The second-order valence-corrected chi connectivity index (χ2v) is 11.2. The Labute approximate surface area is 170 Å². The van der Waals surface area contributed by atoms with Crippen LogP contribution in [0.3, 0.4) is 0 Å². The molecule has 158 valence electrons. The largest absolute Gasteiger partial charge is 0.423 e. The van der Waals surface area contributed by atoms with E-state index in [0.29, 0.717) is 37.0 Å². The summed E-state index contributed by atoms with van der Waals surface area (Å²) in [4.78, 5) is 24.2. The van der Waals surface area contributed by atoms with E-state index in [-0.39, 0.29) is 17.9 Å². The summed E-state index contributed by atoms with van der Waals surface area (Å²) < 4.78 is 31.8. The van der Waals surface area contributed by atoms with Crippen LogP contribution in [-0.2, 0) is 14.8 Å². The van der Waals surface area contributed by atoms with Gasteiger partial charge in [0.15, 0.2) is 0 Å². The number of anilines is 1. The van der Waals surface area contributed by atoms with Crippen LogP contribution in [-0.4, -0.2) is 25.1 Å². The van der Waals surface area contributed by atoms with Crippen LogP contribution in [0.25, 0.3) is 11.0 Å². The summed E-state index contributed by atoms with van der Waals surface area (Å²) in [6.45, 7) is 6.84. The van der Waals surface area contributed by atoms with Gasteiger partial charge in [-0.3, -0.25) is 4.79 Å². The van der Waals surface area contributed by atoms with Gasteiger partial charge in [-0.05, 0) is 71.1 Å². The number of fused-ring (bicyclic) bond motifs is 1. The first-order chi connectivity index (χ1) is 13.5. The van der Waals surface area contributed by atoms with Crippen LogP contribution in [0, 0.1) is 12.8 Å².